The zero-order chi connectivity index (χ0) is 28.1. The van der Waals surface area contributed by atoms with Crippen LogP contribution in [0.15, 0.2) is 24.3 Å². The molecule has 0 bridgehead atoms. The Morgan fingerprint density at radius 1 is 1.03 bits per heavy atom. The van der Waals surface area contributed by atoms with Crippen molar-refractivity contribution in [1.82, 2.24) is 5.32 Å². The van der Waals surface area contributed by atoms with Crippen LogP contribution in [0.2, 0.25) is 12.1 Å². The molecule has 0 saturated carbocycles. The first-order valence-corrected chi connectivity index (χ1v) is 14.2. The molecule has 1 atom stereocenters. The highest BCUT2D eigenvalue weighted by atomic mass is 127. The molecule has 9 heteroatoms. The van der Waals surface area contributed by atoms with Crippen LogP contribution in [-0.2, 0) is 23.9 Å². The third-order valence-electron chi connectivity index (χ3n) is 5.86. The van der Waals surface area contributed by atoms with E-state index >= 15 is 0 Å². The summed E-state index contributed by atoms with van der Waals surface area (Å²) in [6.07, 6.45) is 2.04. The van der Waals surface area contributed by atoms with Crippen LogP contribution in [0.4, 0.5) is 10.5 Å². The van der Waals surface area contributed by atoms with Gasteiger partial charge in [-0.3, -0.25) is 4.79 Å². The van der Waals surface area contributed by atoms with E-state index in [-0.39, 0.29) is 29.4 Å². The molecule has 210 valence electrons. The molecule has 1 aromatic carbocycles. The van der Waals surface area contributed by atoms with E-state index < -0.39 is 6.09 Å². The van der Waals surface area contributed by atoms with Gasteiger partial charge < -0.3 is 23.2 Å². The van der Waals surface area contributed by atoms with Crippen molar-refractivity contribution in [2.75, 3.05) is 25.1 Å². The zero-order valence-corrected chi connectivity index (χ0v) is 26.3. The second-order valence-corrected chi connectivity index (χ2v) is 13.0. The van der Waals surface area contributed by atoms with Crippen molar-refractivity contribution >= 4 is 48.0 Å². The SMILES string of the molecule is CC(C)BCC(COCC(C)(C)CC(C)(C)CNC(=O)OCc1ccc(NC(=O)CC(C)C)cc1)OI. The molecule has 1 rings (SSSR count). The van der Waals surface area contributed by atoms with Gasteiger partial charge in [0.2, 0.25) is 5.91 Å². The first-order valence-electron chi connectivity index (χ1n) is 13.4. The lowest BCUT2D eigenvalue weighted by Crippen LogP contribution is -2.38. The quantitative estimate of drug-likeness (QED) is 0.147. The molecule has 0 radical (unpaired) electrons. The standard InChI is InChI=1S/C28H48BIN2O5/c1-20(2)13-25(33)32-23-11-9-22(10-12-23)15-36-26(34)31-18-27(5,6)17-28(7,8)19-35-16-24(37-30)14-29-21(3)4/h9-12,20-21,24,29H,13-19H2,1-8H3,(H,31,34)(H,32,33). The van der Waals surface area contributed by atoms with Gasteiger partial charge in [0.05, 0.1) is 19.3 Å². The maximum atomic E-state index is 12.3. The summed E-state index contributed by atoms with van der Waals surface area (Å²) < 4.78 is 17.0. The second kappa shape index (κ2) is 16.6. The number of nitrogens with one attached hydrogen (secondary N) is 2. The summed E-state index contributed by atoms with van der Waals surface area (Å²) in [6.45, 7) is 19.0. The molecule has 0 aliphatic heterocycles. The van der Waals surface area contributed by atoms with E-state index in [0.29, 0.717) is 37.9 Å². The average Bonchev–Trinajstić information content (AvgIpc) is 2.78. The highest BCUT2D eigenvalue weighted by molar-refractivity contribution is 14.1. The van der Waals surface area contributed by atoms with Gasteiger partial charge in [0.15, 0.2) is 0 Å². The maximum Gasteiger partial charge on any atom is 0.407 e. The van der Waals surface area contributed by atoms with E-state index in [9.17, 15) is 9.59 Å². The van der Waals surface area contributed by atoms with Crippen molar-refractivity contribution in [3.8, 4) is 0 Å². The fourth-order valence-corrected chi connectivity index (χ4v) is 4.73. The van der Waals surface area contributed by atoms with E-state index in [1.165, 1.54) is 0 Å². The van der Waals surface area contributed by atoms with E-state index in [4.69, 9.17) is 12.5 Å². The number of amides is 2. The Hall–Kier alpha value is -1.33. The number of anilines is 1. The summed E-state index contributed by atoms with van der Waals surface area (Å²) in [5.74, 6) is 0.958. The van der Waals surface area contributed by atoms with Gasteiger partial charge in [-0.25, -0.2) is 4.79 Å². The van der Waals surface area contributed by atoms with Crippen LogP contribution in [-0.4, -0.2) is 45.1 Å². The van der Waals surface area contributed by atoms with Crippen LogP contribution in [0.25, 0.3) is 0 Å². The van der Waals surface area contributed by atoms with Crippen LogP contribution in [0.1, 0.15) is 73.8 Å². The van der Waals surface area contributed by atoms with E-state index in [0.717, 1.165) is 31.3 Å². The van der Waals surface area contributed by atoms with Gasteiger partial charge in [-0.1, -0.05) is 73.3 Å². The fourth-order valence-electron chi connectivity index (χ4n) is 4.33. The largest absolute Gasteiger partial charge is 0.445 e. The minimum absolute atomic E-state index is 0.00350. The topological polar surface area (TPSA) is 85.9 Å². The van der Waals surface area contributed by atoms with Crippen molar-refractivity contribution in [2.45, 2.75) is 93.1 Å². The molecular formula is C28H48BIN2O5. The van der Waals surface area contributed by atoms with Crippen molar-refractivity contribution < 1.29 is 22.1 Å². The second-order valence-electron chi connectivity index (χ2n) is 12.5. The minimum Gasteiger partial charge on any atom is -0.445 e. The van der Waals surface area contributed by atoms with Crippen LogP contribution < -0.4 is 10.6 Å². The average molecular weight is 630 g/mol. The maximum absolute atomic E-state index is 12.3. The molecule has 0 fully saturated rings. The van der Waals surface area contributed by atoms with Crippen LogP contribution >= 0.6 is 23.0 Å². The minimum atomic E-state index is -0.441. The molecular weight excluding hydrogens is 582 g/mol. The molecule has 7 nitrogen and oxygen atoms in total. The summed E-state index contributed by atoms with van der Waals surface area (Å²) in [5.41, 5.74) is 1.42. The number of rotatable bonds is 17. The van der Waals surface area contributed by atoms with Crippen molar-refractivity contribution in [2.24, 2.45) is 16.7 Å². The number of hydrogen-bond donors (Lipinski definition) is 2. The Labute approximate surface area is 239 Å². The first-order chi connectivity index (χ1) is 17.2. The Bertz CT molecular complexity index is 815. The molecule has 1 unspecified atom stereocenters. The molecule has 0 aromatic heterocycles. The predicted molar refractivity (Wildman–Crippen MR) is 162 cm³/mol. The number of hydrogen-bond acceptors (Lipinski definition) is 5. The lowest BCUT2D eigenvalue weighted by Gasteiger charge is -2.35. The number of benzene rings is 1. The van der Waals surface area contributed by atoms with Crippen LogP contribution in [0.3, 0.4) is 0 Å². The highest BCUT2D eigenvalue weighted by Crippen LogP contribution is 2.33. The molecule has 1 aromatic rings. The zero-order valence-electron chi connectivity index (χ0n) is 24.1. The summed E-state index contributed by atoms with van der Waals surface area (Å²) in [5, 5.41) is 5.78. The Kier molecular flexibility index (Phi) is 15.1. The Morgan fingerprint density at radius 3 is 2.24 bits per heavy atom. The number of halogens is 1. The number of carbonyl (C=O) groups excluding carboxylic acids is 2. The van der Waals surface area contributed by atoms with Crippen molar-refractivity contribution in [1.29, 1.82) is 0 Å². The Morgan fingerprint density at radius 2 is 1.68 bits per heavy atom. The smallest absolute Gasteiger partial charge is 0.407 e. The number of carbonyl (C=O) groups is 2. The molecule has 0 saturated heterocycles. The molecule has 0 spiro atoms. The van der Waals surface area contributed by atoms with E-state index in [1.807, 2.05) is 61.1 Å². The molecule has 0 aliphatic carbocycles. The predicted octanol–water partition coefficient (Wildman–Crippen LogP) is 6.77. The van der Waals surface area contributed by atoms with Gasteiger partial charge in [0.25, 0.3) is 0 Å². The number of ether oxygens (including phenoxy) is 2. The van der Waals surface area contributed by atoms with Gasteiger partial charge >= 0.3 is 6.09 Å². The molecule has 2 amide bonds. The summed E-state index contributed by atoms with van der Waals surface area (Å²) >= 11 is 1.97. The fraction of sp³-hybridized carbons (Fsp3) is 0.714. The van der Waals surface area contributed by atoms with Crippen molar-refractivity contribution in [3.63, 3.8) is 0 Å². The first kappa shape index (κ1) is 33.7. The summed E-state index contributed by atoms with van der Waals surface area (Å²) in [7, 11) is 1.12. The third kappa shape index (κ3) is 16.3. The summed E-state index contributed by atoms with van der Waals surface area (Å²) in [4.78, 5) is 24.2. The van der Waals surface area contributed by atoms with E-state index in [1.54, 1.807) is 0 Å². The third-order valence-corrected chi connectivity index (χ3v) is 6.58. The van der Waals surface area contributed by atoms with Gasteiger partial charge in [-0.05, 0) is 47.2 Å². The Balaban J connectivity index is 2.39. The van der Waals surface area contributed by atoms with Gasteiger partial charge in [-0.15, -0.1) is 0 Å². The lowest BCUT2D eigenvalue weighted by molar-refractivity contribution is -0.116. The molecule has 0 aliphatic rings. The van der Waals surface area contributed by atoms with Crippen LogP contribution in [0.5, 0.6) is 0 Å². The lowest BCUT2D eigenvalue weighted by atomic mass is 9.62. The molecule has 37 heavy (non-hydrogen) atoms. The summed E-state index contributed by atoms with van der Waals surface area (Å²) in [6, 6.07) is 7.34. The van der Waals surface area contributed by atoms with Gasteiger partial charge in [0.1, 0.15) is 36.9 Å². The number of alkyl carbamates (subject to hydrolysis) is 1. The monoisotopic (exact) mass is 630 g/mol. The molecule has 0 heterocycles. The van der Waals surface area contributed by atoms with E-state index in [2.05, 4.69) is 52.2 Å². The molecule has 2 N–H and O–H groups in total. The normalized spacial score (nSPS) is 12.9. The van der Waals surface area contributed by atoms with Crippen molar-refractivity contribution in [3.05, 3.63) is 29.8 Å². The van der Waals surface area contributed by atoms with Crippen LogP contribution in [0, 0.1) is 16.7 Å². The van der Waals surface area contributed by atoms with Gasteiger partial charge in [0, 0.05) is 18.7 Å². The highest BCUT2D eigenvalue weighted by Gasteiger charge is 2.30. The van der Waals surface area contributed by atoms with Gasteiger partial charge in [-0.2, -0.15) is 0 Å².